The molecule has 12 nitrogen and oxygen atoms in total. The van der Waals surface area contributed by atoms with E-state index < -0.39 is 18.2 Å². The summed E-state index contributed by atoms with van der Waals surface area (Å²) in [5.74, 6) is 0.461. The Balaban J connectivity index is 1.16. The number of carbonyl (C=O) groups excluding carboxylic acids is 3. The van der Waals surface area contributed by atoms with Crippen LogP contribution in [0, 0.1) is 0 Å². The second-order valence-corrected chi connectivity index (χ2v) is 13.2. The van der Waals surface area contributed by atoms with Crippen LogP contribution >= 0.6 is 0 Å². The third-order valence-electron chi connectivity index (χ3n) is 9.72. The number of phenols is 1. The van der Waals surface area contributed by atoms with Gasteiger partial charge in [0.15, 0.2) is 5.76 Å². The lowest BCUT2D eigenvalue weighted by molar-refractivity contribution is -0.193. The van der Waals surface area contributed by atoms with Crippen LogP contribution in [0.1, 0.15) is 22.6 Å². The van der Waals surface area contributed by atoms with E-state index in [1.165, 1.54) is 0 Å². The standard InChI is InChI=1S/C41H37N7O5/c49-32-18-16-28(17-19-32)21-35-40(51)45(24-31-13-7-15-34-33(31)14-8-20-42-34)26-38-47(35)39(50)27-46(48(38)41(52)44-22-29-9-3-1-4-10-29)25-37-43-23-36(53-37)30-11-5-2-6-12-30/h1-20,23,35,38,49H,21-22,24-27H2,(H,44,52)/t35-,38-/m0/s1. The van der Waals surface area contributed by atoms with Crippen molar-refractivity contribution in [1.82, 2.24) is 35.1 Å². The number of aromatic nitrogens is 2. The lowest BCUT2D eigenvalue weighted by Crippen LogP contribution is -2.76. The summed E-state index contributed by atoms with van der Waals surface area (Å²) in [4.78, 5) is 55.6. The molecule has 4 aromatic carbocycles. The average Bonchev–Trinajstić information content (AvgIpc) is 3.66. The van der Waals surface area contributed by atoms with E-state index >= 15 is 0 Å². The molecular formula is C41H37N7O5. The molecule has 2 N–H and O–H groups in total. The molecule has 2 fully saturated rings. The SMILES string of the molecule is O=C1[C@H](Cc2ccc(O)cc2)N2C(=O)CN(Cc3ncc(-c4ccccc4)o3)N(C(=O)NCc3ccccc3)[C@H]2CN1Cc1cccc2ncccc12. The Hall–Kier alpha value is -6.53. The number of amides is 4. The molecule has 2 saturated heterocycles. The van der Waals surface area contributed by atoms with Crippen molar-refractivity contribution in [3.63, 3.8) is 0 Å². The predicted octanol–water partition coefficient (Wildman–Crippen LogP) is 5.35. The van der Waals surface area contributed by atoms with Crippen molar-refractivity contribution < 1.29 is 23.9 Å². The van der Waals surface area contributed by atoms with Crippen molar-refractivity contribution in [2.75, 3.05) is 13.1 Å². The maximum Gasteiger partial charge on any atom is 0.334 e. The zero-order valence-electron chi connectivity index (χ0n) is 28.8. The fourth-order valence-corrected chi connectivity index (χ4v) is 7.17. The van der Waals surface area contributed by atoms with Gasteiger partial charge in [-0.25, -0.2) is 14.8 Å². The summed E-state index contributed by atoms with van der Waals surface area (Å²) >= 11 is 0. The lowest BCUT2D eigenvalue weighted by atomic mass is 9.98. The molecule has 0 aliphatic carbocycles. The number of hydrogen-bond acceptors (Lipinski definition) is 8. The smallest absolute Gasteiger partial charge is 0.334 e. The molecule has 4 amide bonds. The van der Waals surface area contributed by atoms with Crippen LogP contribution in [0.4, 0.5) is 4.79 Å². The second-order valence-electron chi connectivity index (χ2n) is 13.2. The molecule has 8 rings (SSSR count). The molecule has 2 aromatic heterocycles. The normalized spacial score (nSPS) is 17.6. The maximum absolute atomic E-state index is 14.5. The molecule has 2 aliphatic rings. The van der Waals surface area contributed by atoms with Gasteiger partial charge in [-0.15, -0.1) is 0 Å². The number of benzene rings is 4. The zero-order valence-corrected chi connectivity index (χ0v) is 28.8. The fourth-order valence-electron chi connectivity index (χ4n) is 7.17. The Labute approximate surface area is 305 Å². The van der Waals surface area contributed by atoms with Crippen molar-refractivity contribution >= 4 is 28.7 Å². The molecular weight excluding hydrogens is 670 g/mol. The van der Waals surface area contributed by atoms with E-state index in [1.807, 2.05) is 91.0 Å². The summed E-state index contributed by atoms with van der Waals surface area (Å²) < 4.78 is 6.14. The van der Waals surface area contributed by atoms with Gasteiger partial charge in [-0.1, -0.05) is 91.0 Å². The van der Waals surface area contributed by atoms with Crippen LogP contribution in [0.5, 0.6) is 5.75 Å². The topological polar surface area (TPSA) is 135 Å². The van der Waals surface area contributed by atoms with Crippen molar-refractivity contribution in [2.24, 2.45) is 0 Å². The van der Waals surface area contributed by atoms with Gasteiger partial charge in [0.25, 0.3) is 0 Å². The molecule has 53 heavy (non-hydrogen) atoms. The van der Waals surface area contributed by atoms with E-state index in [2.05, 4.69) is 15.3 Å². The van der Waals surface area contributed by atoms with Gasteiger partial charge < -0.3 is 24.6 Å². The fraction of sp³-hybridized carbons (Fsp3) is 0.195. The van der Waals surface area contributed by atoms with Gasteiger partial charge in [0.05, 0.1) is 31.3 Å². The number of carbonyl (C=O) groups is 3. The minimum Gasteiger partial charge on any atom is -0.508 e. The first kappa shape index (κ1) is 33.6. The first-order chi connectivity index (χ1) is 25.9. The highest BCUT2D eigenvalue weighted by molar-refractivity contribution is 5.92. The zero-order chi connectivity index (χ0) is 36.3. The molecule has 0 unspecified atom stereocenters. The van der Waals surface area contributed by atoms with E-state index in [9.17, 15) is 19.5 Å². The highest BCUT2D eigenvalue weighted by atomic mass is 16.4. The summed E-state index contributed by atoms with van der Waals surface area (Å²) in [7, 11) is 0. The third-order valence-corrected chi connectivity index (χ3v) is 9.72. The molecule has 0 spiro atoms. The van der Waals surface area contributed by atoms with Crippen molar-refractivity contribution in [3.05, 3.63) is 150 Å². The van der Waals surface area contributed by atoms with Crippen LogP contribution in [0.15, 0.2) is 132 Å². The van der Waals surface area contributed by atoms with Crippen LogP contribution in [0.3, 0.4) is 0 Å². The molecule has 2 atom stereocenters. The number of hydrazine groups is 1. The predicted molar refractivity (Wildman–Crippen MR) is 196 cm³/mol. The minimum absolute atomic E-state index is 0.0350. The number of hydrogen-bond donors (Lipinski definition) is 2. The Morgan fingerprint density at radius 3 is 2.40 bits per heavy atom. The van der Waals surface area contributed by atoms with E-state index in [-0.39, 0.29) is 56.7 Å². The summed E-state index contributed by atoms with van der Waals surface area (Å²) in [6.07, 6.45) is 2.70. The largest absolute Gasteiger partial charge is 0.508 e. The number of pyridine rings is 1. The van der Waals surface area contributed by atoms with Gasteiger partial charge in [-0.2, -0.15) is 5.01 Å². The average molecular weight is 708 g/mol. The number of piperazine rings is 1. The number of nitrogens with one attached hydrogen (secondary N) is 1. The Morgan fingerprint density at radius 2 is 1.60 bits per heavy atom. The molecule has 0 bridgehead atoms. The van der Waals surface area contributed by atoms with Crippen molar-refractivity contribution in [3.8, 4) is 17.1 Å². The van der Waals surface area contributed by atoms with Crippen LogP contribution in [-0.2, 0) is 35.6 Å². The Morgan fingerprint density at radius 1 is 0.830 bits per heavy atom. The molecule has 12 heteroatoms. The van der Waals surface area contributed by atoms with Crippen LogP contribution < -0.4 is 5.32 Å². The van der Waals surface area contributed by atoms with E-state index in [0.29, 0.717) is 11.7 Å². The van der Waals surface area contributed by atoms with Crippen molar-refractivity contribution in [1.29, 1.82) is 0 Å². The highest BCUT2D eigenvalue weighted by Gasteiger charge is 2.51. The summed E-state index contributed by atoms with van der Waals surface area (Å²) in [6.45, 7) is 0.403. The second kappa shape index (κ2) is 14.6. The number of rotatable bonds is 9. The quantitative estimate of drug-likeness (QED) is 0.206. The molecule has 4 heterocycles. The summed E-state index contributed by atoms with van der Waals surface area (Å²) in [5.41, 5.74) is 4.23. The number of oxazole rings is 1. The number of phenolic OH excluding ortho intramolecular Hbond substituents is 1. The van der Waals surface area contributed by atoms with E-state index in [4.69, 9.17) is 4.42 Å². The van der Waals surface area contributed by atoms with Crippen LogP contribution in [0.25, 0.3) is 22.2 Å². The first-order valence-electron chi connectivity index (χ1n) is 17.5. The molecule has 0 saturated carbocycles. The molecule has 6 aromatic rings. The molecule has 2 aliphatic heterocycles. The van der Waals surface area contributed by atoms with Gasteiger partial charge in [0, 0.05) is 36.7 Å². The number of urea groups is 1. The molecule has 0 radical (unpaired) electrons. The number of nitrogens with zero attached hydrogens (tertiary/aromatic N) is 6. The minimum atomic E-state index is -0.920. The monoisotopic (exact) mass is 707 g/mol. The number of aromatic hydroxyl groups is 1. The van der Waals surface area contributed by atoms with E-state index in [0.717, 1.165) is 33.2 Å². The summed E-state index contributed by atoms with van der Waals surface area (Å²) in [6, 6.07) is 34.0. The van der Waals surface area contributed by atoms with Gasteiger partial charge in [-0.05, 0) is 41.0 Å². The summed E-state index contributed by atoms with van der Waals surface area (Å²) in [5, 5.41) is 17.1. The van der Waals surface area contributed by atoms with Gasteiger partial charge >= 0.3 is 6.03 Å². The first-order valence-corrected chi connectivity index (χ1v) is 17.5. The highest BCUT2D eigenvalue weighted by Crippen LogP contribution is 2.32. The van der Waals surface area contributed by atoms with Crippen molar-refractivity contribution in [2.45, 2.75) is 38.3 Å². The van der Waals surface area contributed by atoms with Gasteiger partial charge in [-0.3, -0.25) is 14.6 Å². The van der Waals surface area contributed by atoms with E-state index in [1.54, 1.807) is 56.5 Å². The van der Waals surface area contributed by atoms with Crippen LogP contribution in [0.2, 0.25) is 0 Å². The Kier molecular flexibility index (Phi) is 9.26. The third kappa shape index (κ3) is 7.04. The van der Waals surface area contributed by atoms with Crippen LogP contribution in [-0.4, -0.2) is 78.0 Å². The number of fused-ring (bicyclic) bond motifs is 2. The van der Waals surface area contributed by atoms with Gasteiger partial charge in [0.2, 0.25) is 17.7 Å². The van der Waals surface area contributed by atoms with Gasteiger partial charge in [0.1, 0.15) is 18.0 Å². The Bertz CT molecular complexity index is 2240. The lowest BCUT2D eigenvalue weighted by Gasteiger charge is -2.55. The molecule has 266 valence electrons. The maximum atomic E-state index is 14.5.